The highest BCUT2D eigenvalue weighted by atomic mass is 79.9. The van der Waals surface area contributed by atoms with Gasteiger partial charge in [0.2, 0.25) is 0 Å². The summed E-state index contributed by atoms with van der Waals surface area (Å²) < 4.78 is 2.77. The third kappa shape index (κ3) is 4.62. The molecule has 0 bridgehead atoms. The van der Waals surface area contributed by atoms with Crippen LogP contribution in [0.2, 0.25) is 0 Å². The number of amides is 2. The second kappa shape index (κ2) is 9.71. The minimum absolute atomic E-state index is 0.0121. The van der Waals surface area contributed by atoms with Crippen molar-refractivity contribution < 1.29 is 9.59 Å². The number of hydrogen-bond donors (Lipinski definition) is 1. The summed E-state index contributed by atoms with van der Waals surface area (Å²) in [5, 5.41) is 7.32. The molecule has 7 heteroatoms. The molecule has 1 aromatic heterocycles. The molecule has 6 nitrogen and oxygen atoms in total. The van der Waals surface area contributed by atoms with Crippen molar-refractivity contribution in [2.75, 3.05) is 18.4 Å². The summed E-state index contributed by atoms with van der Waals surface area (Å²) in [7, 11) is 0. The van der Waals surface area contributed by atoms with E-state index in [2.05, 4.69) is 26.3 Å². The highest BCUT2D eigenvalue weighted by molar-refractivity contribution is 9.10. The molecule has 1 N–H and O–H groups in total. The largest absolute Gasteiger partial charge is 0.339 e. The Morgan fingerprint density at radius 1 is 1.00 bits per heavy atom. The van der Waals surface area contributed by atoms with Crippen molar-refractivity contribution in [3.05, 3.63) is 76.0 Å². The Labute approximate surface area is 185 Å². The second-order valence-electron chi connectivity index (χ2n) is 6.76. The lowest BCUT2D eigenvalue weighted by atomic mass is 10.1. The van der Waals surface area contributed by atoms with E-state index in [-0.39, 0.29) is 11.8 Å². The predicted octanol–water partition coefficient (Wildman–Crippen LogP) is 4.93. The maximum atomic E-state index is 12.9. The molecule has 0 fully saturated rings. The normalized spacial score (nSPS) is 10.7. The Hall–Kier alpha value is -2.93. The van der Waals surface area contributed by atoms with E-state index < -0.39 is 0 Å². The van der Waals surface area contributed by atoms with Crippen molar-refractivity contribution in [3.63, 3.8) is 0 Å². The summed E-state index contributed by atoms with van der Waals surface area (Å²) in [4.78, 5) is 27.1. The van der Waals surface area contributed by atoms with Crippen LogP contribution in [0.25, 0.3) is 5.69 Å². The summed E-state index contributed by atoms with van der Waals surface area (Å²) in [6.07, 6.45) is 2.25. The number of rotatable bonds is 7. The molecule has 0 atom stereocenters. The SMILES string of the molecule is CCc1c(C(=O)Nc2ccc(C(=O)N(CC)CC)cc2)cnn1-c1ccc(Br)cc1. The van der Waals surface area contributed by atoms with Crippen LogP contribution in [0.15, 0.2) is 59.2 Å². The van der Waals surface area contributed by atoms with Crippen LogP contribution >= 0.6 is 15.9 Å². The molecule has 3 rings (SSSR count). The van der Waals surface area contributed by atoms with Crippen LogP contribution in [-0.2, 0) is 6.42 Å². The molecule has 156 valence electrons. The van der Waals surface area contributed by atoms with Crippen LogP contribution in [0.4, 0.5) is 5.69 Å². The average molecular weight is 469 g/mol. The van der Waals surface area contributed by atoms with Gasteiger partial charge in [-0.25, -0.2) is 4.68 Å². The second-order valence-corrected chi connectivity index (χ2v) is 7.67. The number of halogens is 1. The molecule has 0 saturated heterocycles. The van der Waals surface area contributed by atoms with Gasteiger partial charge >= 0.3 is 0 Å². The topological polar surface area (TPSA) is 67.2 Å². The Bertz CT molecular complexity index is 1020. The highest BCUT2D eigenvalue weighted by Crippen LogP contribution is 2.20. The fraction of sp³-hybridized carbons (Fsp3) is 0.261. The van der Waals surface area contributed by atoms with E-state index in [0.29, 0.717) is 36.3 Å². The van der Waals surface area contributed by atoms with Gasteiger partial charge < -0.3 is 10.2 Å². The van der Waals surface area contributed by atoms with Crippen molar-refractivity contribution >= 4 is 33.4 Å². The zero-order valence-electron chi connectivity index (χ0n) is 17.4. The average Bonchev–Trinajstić information content (AvgIpc) is 3.20. The quantitative estimate of drug-likeness (QED) is 0.534. The first-order chi connectivity index (χ1) is 14.5. The predicted molar refractivity (Wildman–Crippen MR) is 122 cm³/mol. The maximum absolute atomic E-state index is 12.9. The van der Waals surface area contributed by atoms with Gasteiger partial charge in [-0.05, 0) is 68.8 Å². The van der Waals surface area contributed by atoms with Gasteiger partial charge in [0.15, 0.2) is 0 Å². The van der Waals surface area contributed by atoms with E-state index in [0.717, 1.165) is 15.9 Å². The van der Waals surface area contributed by atoms with Crippen molar-refractivity contribution in [2.45, 2.75) is 27.2 Å². The molecule has 0 unspecified atom stereocenters. The lowest BCUT2D eigenvalue weighted by Gasteiger charge is -2.18. The number of benzene rings is 2. The molecular weight excluding hydrogens is 444 g/mol. The van der Waals surface area contributed by atoms with E-state index >= 15 is 0 Å². The van der Waals surface area contributed by atoms with E-state index in [1.165, 1.54) is 0 Å². The lowest BCUT2D eigenvalue weighted by molar-refractivity contribution is 0.0773. The maximum Gasteiger partial charge on any atom is 0.259 e. The highest BCUT2D eigenvalue weighted by Gasteiger charge is 2.18. The smallest absolute Gasteiger partial charge is 0.259 e. The standard InChI is InChI=1S/C23H25BrN4O2/c1-4-21-20(15-25-28(21)19-13-9-17(24)10-14-19)22(29)26-18-11-7-16(8-12-18)23(30)27(5-2)6-3/h7-15H,4-6H2,1-3H3,(H,26,29). The summed E-state index contributed by atoms with van der Waals surface area (Å²) in [5.41, 5.74) is 3.50. The van der Waals surface area contributed by atoms with Gasteiger partial charge in [-0.15, -0.1) is 0 Å². The van der Waals surface area contributed by atoms with E-state index in [9.17, 15) is 9.59 Å². The van der Waals surface area contributed by atoms with Gasteiger partial charge in [0.1, 0.15) is 0 Å². The number of anilines is 1. The molecule has 0 spiro atoms. The molecule has 30 heavy (non-hydrogen) atoms. The summed E-state index contributed by atoms with van der Waals surface area (Å²) in [6, 6.07) is 14.8. The fourth-order valence-corrected chi connectivity index (χ4v) is 3.56. The molecule has 2 amide bonds. The molecule has 1 heterocycles. The minimum atomic E-state index is -0.224. The summed E-state index contributed by atoms with van der Waals surface area (Å²) in [6.45, 7) is 7.23. The van der Waals surface area contributed by atoms with E-state index in [1.807, 2.05) is 45.0 Å². The molecule has 0 saturated carbocycles. The monoisotopic (exact) mass is 468 g/mol. The van der Waals surface area contributed by atoms with Gasteiger partial charge in [-0.2, -0.15) is 5.10 Å². The third-order valence-corrected chi connectivity index (χ3v) is 5.49. The van der Waals surface area contributed by atoms with E-state index in [1.54, 1.807) is 40.0 Å². The number of nitrogens with zero attached hydrogens (tertiary/aromatic N) is 3. The van der Waals surface area contributed by atoms with Crippen LogP contribution in [0.1, 0.15) is 47.2 Å². The Balaban J connectivity index is 1.78. The van der Waals surface area contributed by atoms with E-state index in [4.69, 9.17) is 0 Å². The Morgan fingerprint density at radius 2 is 1.63 bits per heavy atom. The van der Waals surface area contributed by atoms with Crippen molar-refractivity contribution in [3.8, 4) is 5.69 Å². The Kier molecular flexibility index (Phi) is 7.05. The van der Waals surface area contributed by atoms with Gasteiger partial charge in [0.25, 0.3) is 11.8 Å². The van der Waals surface area contributed by atoms with Crippen LogP contribution in [0.3, 0.4) is 0 Å². The van der Waals surface area contributed by atoms with Gasteiger partial charge in [0, 0.05) is 28.8 Å². The molecule has 0 aliphatic heterocycles. The van der Waals surface area contributed by atoms with Crippen molar-refractivity contribution in [1.82, 2.24) is 14.7 Å². The first-order valence-electron chi connectivity index (χ1n) is 10.0. The number of hydrogen-bond acceptors (Lipinski definition) is 3. The van der Waals surface area contributed by atoms with Crippen LogP contribution in [0.5, 0.6) is 0 Å². The number of aromatic nitrogens is 2. The van der Waals surface area contributed by atoms with Gasteiger partial charge in [0.05, 0.1) is 23.1 Å². The zero-order chi connectivity index (χ0) is 21.7. The van der Waals surface area contributed by atoms with Crippen molar-refractivity contribution in [2.24, 2.45) is 0 Å². The molecule has 3 aromatic rings. The fourth-order valence-electron chi connectivity index (χ4n) is 3.30. The van der Waals surface area contributed by atoms with Crippen LogP contribution in [-0.4, -0.2) is 39.6 Å². The van der Waals surface area contributed by atoms with Crippen LogP contribution < -0.4 is 5.32 Å². The summed E-state index contributed by atoms with van der Waals surface area (Å²) >= 11 is 3.43. The number of carbonyl (C=O) groups excluding carboxylic acids is 2. The van der Waals surface area contributed by atoms with Crippen LogP contribution in [0, 0.1) is 0 Å². The third-order valence-electron chi connectivity index (χ3n) is 4.96. The molecule has 0 aliphatic carbocycles. The number of nitrogens with one attached hydrogen (secondary N) is 1. The molecule has 0 radical (unpaired) electrons. The minimum Gasteiger partial charge on any atom is -0.339 e. The molecular formula is C23H25BrN4O2. The number of carbonyl (C=O) groups is 2. The molecule has 0 aliphatic rings. The van der Waals surface area contributed by atoms with Crippen molar-refractivity contribution in [1.29, 1.82) is 0 Å². The first kappa shape index (κ1) is 21.8. The summed E-state index contributed by atoms with van der Waals surface area (Å²) in [5.74, 6) is -0.236. The molecule has 2 aromatic carbocycles. The zero-order valence-corrected chi connectivity index (χ0v) is 18.9. The van der Waals surface area contributed by atoms with Gasteiger partial charge in [-0.3, -0.25) is 9.59 Å². The Morgan fingerprint density at radius 3 is 2.20 bits per heavy atom. The van der Waals surface area contributed by atoms with Gasteiger partial charge in [-0.1, -0.05) is 22.9 Å². The lowest BCUT2D eigenvalue weighted by Crippen LogP contribution is -2.30. The first-order valence-corrected chi connectivity index (χ1v) is 10.8.